The van der Waals surface area contributed by atoms with E-state index in [2.05, 4.69) is 5.92 Å². The zero-order valence-electron chi connectivity index (χ0n) is 16.7. The number of hydrogen-bond donors (Lipinski definition) is 3. The number of carbonyl (C=O) groups is 2. The van der Waals surface area contributed by atoms with Crippen LogP contribution in [0.1, 0.15) is 30.4 Å². The number of carboxylic acids is 1. The van der Waals surface area contributed by atoms with Crippen LogP contribution in [0.25, 0.3) is 0 Å². The zero-order chi connectivity index (χ0) is 23.7. The number of phenols is 1. The number of carbonyl (C=O) groups excluding carboxylic acids is 1. The van der Waals surface area contributed by atoms with Gasteiger partial charge in [0.25, 0.3) is 0 Å². The number of rotatable bonds is 1. The molecule has 1 aromatic carbocycles. The van der Waals surface area contributed by atoms with Crippen molar-refractivity contribution in [3.63, 3.8) is 0 Å². The highest BCUT2D eigenvalue weighted by atomic mass is 19.4. The third-order valence-electron chi connectivity index (χ3n) is 7.19. The second-order valence-electron chi connectivity index (χ2n) is 8.62. The van der Waals surface area contributed by atoms with Gasteiger partial charge in [-0.1, -0.05) is 6.07 Å². The van der Waals surface area contributed by atoms with Crippen LogP contribution in [-0.2, 0) is 21.4 Å². The lowest BCUT2D eigenvalue weighted by Gasteiger charge is -2.66. The molecule has 172 valence electrons. The van der Waals surface area contributed by atoms with Crippen molar-refractivity contribution in [3.05, 3.63) is 28.5 Å². The van der Waals surface area contributed by atoms with Crippen molar-refractivity contribution in [1.82, 2.24) is 0 Å². The van der Waals surface area contributed by atoms with Gasteiger partial charge in [-0.3, -0.25) is 4.79 Å². The van der Waals surface area contributed by atoms with Gasteiger partial charge in [0.15, 0.2) is 23.4 Å². The van der Waals surface area contributed by atoms with Gasteiger partial charge in [-0.05, 0) is 24.0 Å². The molecule has 2 aliphatic heterocycles. The average molecular weight is 455 g/mol. The molecule has 5 rings (SSSR count). The molecule has 1 saturated heterocycles. The van der Waals surface area contributed by atoms with Crippen LogP contribution in [0.2, 0.25) is 0 Å². The predicted octanol–water partition coefficient (Wildman–Crippen LogP) is 1.39. The first-order chi connectivity index (χ1) is 14.8. The molecule has 11 heteroatoms. The van der Waals surface area contributed by atoms with E-state index in [1.807, 2.05) is 0 Å². The minimum absolute atomic E-state index is 0.00278. The van der Waals surface area contributed by atoms with Crippen LogP contribution < -0.4 is 4.74 Å². The first-order valence-electron chi connectivity index (χ1n) is 9.90. The highest BCUT2D eigenvalue weighted by Crippen LogP contribution is 2.65. The van der Waals surface area contributed by atoms with Crippen LogP contribution in [0.15, 0.2) is 12.1 Å². The van der Waals surface area contributed by atoms with E-state index >= 15 is 0 Å². The Morgan fingerprint density at radius 2 is 2.03 bits per heavy atom. The Kier molecular flexibility index (Phi) is 4.79. The fraction of sp³-hybridized carbons (Fsp3) is 0.524. The molecule has 1 spiro atoms. The second kappa shape index (κ2) is 6.84. The number of likely N-dealkylation sites (tertiary alicyclic amines) is 1. The fourth-order valence-electron chi connectivity index (χ4n) is 5.93. The lowest BCUT2D eigenvalue weighted by molar-refractivity contribution is -0.915. The monoisotopic (exact) mass is 455 g/mol. The summed E-state index contributed by atoms with van der Waals surface area (Å²) in [4.78, 5) is 21.5. The average Bonchev–Trinajstić information content (AvgIpc) is 3.06. The van der Waals surface area contributed by atoms with E-state index in [4.69, 9.17) is 21.1 Å². The van der Waals surface area contributed by atoms with Gasteiger partial charge in [0.1, 0.15) is 18.2 Å². The third-order valence-corrected chi connectivity index (χ3v) is 7.19. The number of hydrogen-bond acceptors (Lipinski definition) is 6. The van der Waals surface area contributed by atoms with Crippen LogP contribution in [0.3, 0.4) is 0 Å². The van der Waals surface area contributed by atoms with Gasteiger partial charge in [-0.15, -0.1) is 6.42 Å². The molecule has 4 aliphatic rings. The summed E-state index contributed by atoms with van der Waals surface area (Å²) < 4.78 is 37.0. The summed E-state index contributed by atoms with van der Waals surface area (Å²) in [5.74, 6) is -0.0801. The van der Waals surface area contributed by atoms with Gasteiger partial charge in [0.05, 0.1) is 12.0 Å². The van der Waals surface area contributed by atoms with Crippen molar-refractivity contribution in [1.29, 1.82) is 0 Å². The summed E-state index contributed by atoms with van der Waals surface area (Å²) >= 11 is 0. The van der Waals surface area contributed by atoms with E-state index in [1.165, 1.54) is 6.07 Å². The number of halogens is 3. The van der Waals surface area contributed by atoms with Gasteiger partial charge in [0.2, 0.25) is 0 Å². The van der Waals surface area contributed by atoms with Crippen LogP contribution >= 0.6 is 0 Å². The maximum absolute atomic E-state index is 13.5. The van der Waals surface area contributed by atoms with E-state index in [-0.39, 0.29) is 37.5 Å². The Hall–Kier alpha value is -2.81. The quantitative estimate of drug-likeness (QED) is 0.332. The SMILES string of the molecule is C#CC[N@@+]1([O-])CC[C@]23c4c5ccc(O)c4O[C@H]2C(=O)CCC3(O)[C@H]1C5.O=C(O)C(F)(F)F. The number of aliphatic carboxylic acids is 1. The Morgan fingerprint density at radius 1 is 1.38 bits per heavy atom. The van der Waals surface area contributed by atoms with Crippen molar-refractivity contribution < 1.29 is 47.5 Å². The fourth-order valence-corrected chi connectivity index (χ4v) is 5.93. The smallest absolute Gasteiger partial charge is 0.490 e. The summed E-state index contributed by atoms with van der Waals surface area (Å²) in [5, 5.41) is 42.6. The van der Waals surface area contributed by atoms with Gasteiger partial charge in [-0.2, -0.15) is 13.2 Å². The zero-order valence-corrected chi connectivity index (χ0v) is 16.7. The Labute approximate surface area is 180 Å². The molecule has 2 bridgehead atoms. The lowest BCUT2D eigenvalue weighted by atomic mass is 9.49. The number of aliphatic hydroxyl groups is 1. The maximum Gasteiger partial charge on any atom is 0.490 e. The number of nitrogens with zero attached hydrogens (tertiary/aromatic N) is 1. The number of hydroxylamine groups is 3. The Morgan fingerprint density at radius 3 is 2.62 bits per heavy atom. The van der Waals surface area contributed by atoms with E-state index in [0.29, 0.717) is 18.6 Å². The molecule has 0 amide bonds. The van der Waals surface area contributed by atoms with Gasteiger partial charge in [0, 0.05) is 24.8 Å². The molecule has 2 aliphatic carbocycles. The standard InChI is InChI=1S/C19H19NO5.C2HF3O2/c1-2-8-20(24)9-7-18-15-11-3-4-12(21)16(15)25-17(18)13(22)5-6-19(18,23)14(20)10-11;3-2(4,5)1(6)7/h1,3-4,14,17,21,23H,5-10H2;(H,6,7)/t14-,17+,18+,19?,20-;/m1./s1. The van der Waals surface area contributed by atoms with Crippen LogP contribution in [-0.4, -0.2) is 68.7 Å². The van der Waals surface area contributed by atoms with Gasteiger partial charge < -0.3 is 29.9 Å². The number of quaternary nitrogens is 1. The number of ketones is 1. The Bertz CT molecular complexity index is 1050. The lowest BCUT2D eigenvalue weighted by Crippen LogP contribution is -2.80. The number of phenolic OH excluding ortho intramolecular Hbond substituents is 1. The molecule has 1 unspecified atom stereocenters. The number of alkyl halides is 3. The van der Waals surface area contributed by atoms with Crippen molar-refractivity contribution in [2.45, 2.75) is 55.0 Å². The molecular weight excluding hydrogens is 435 g/mol. The van der Waals surface area contributed by atoms with Crippen molar-refractivity contribution in [3.8, 4) is 23.8 Å². The molecule has 8 nitrogen and oxygen atoms in total. The van der Waals surface area contributed by atoms with Crippen LogP contribution in [0, 0.1) is 17.6 Å². The molecule has 0 radical (unpaired) electrons. The summed E-state index contributed by atoms with van der Waals surface area (Å²) in [6.07, 6.45) is 0.614. The molecular formula is C21H20F3NO7. The third kappa shape index (κ3) is 2.76. The minimum atomic E-state index is -5.08. The number of Topliss-reactive ketones (excluding diaryl/α,β-unsaturated/α-hetero) is 1. The van der Waals surface area contributed by atoms with Gasteiger partial charge >= 0.3 is 12.1 Å². The second-order valence-corrected chi connectivity index (χ2v) is 8.62. The molecule has 5 atom stereocenters. The normalized spacial score (nSPS) is 36.2. The largest absolute Gasteiger partial charge is 0.632 e. The van der Waals surface area contributed by atoms with E-state index in [0.717, 1.165) is 11.1 Å². The predicted molar refractivity (Wildman–Crippen MR) is 101 cm³/mol. The number of benzene rings is 1. The first kappa shape index (κ1) is 22.4. The van der Waals surface area contributed by atoms with E-state index in [1.54, 1.807) is 6.07 Å². The summed E-state index contributed by atoms with van der Waals surface area (Å²) in [5.41, 5.74) is -0.699. The minimum Gasteiger partial charge on any atom is -0.632 e. The summed E-state index contributed by atoms with van der Waals surface area (Å²) in [7, 11) is 0. The van der Waals surface area contributed by atoms with Crippen molar-refractivity contribution >= 4 is 11.8 Å². The molecule has 32 heavy (non-hydrogen) atoms. The van der Waals surface area contributed by atoms with E-state index < -0.39 is 40.0 Å². The number of piperidine rings is 1. The van der Waals surface area contributed by atoms with Crippen molar-refractivity contribution in [2.24, 2.45) is 0 Å². The van der Waals surface area contributed by atoms with E-state index in [9.17, 15) is 33.4 Å². The van der Waals surface area contributed by atoms with Crippen LogP contribution in [0.4, 0.5) is 13.2 Å². The van der Waals surface area contributed by atoms with Gasteiger partial charge in [-0.25, -0.2) is 4.79 Å². The summed E-state index contributed by atoms with van der Waals surface area (Å²) in [6, 6.07) is 2.69. The highest BCUT2D eigenvalue weighted by Gasteiger charge is 2.75. The molecule has 1 aromatic rings. The summed E-state index contributed by atoms with van der Waals surface area (Å²) in [6.45, 7) is 0.238. The highest BCUT2D eigenvalue weighted by molar-refractivity contribution is 5.90. The molecule has 1 saturated carbocycles. The van der Waals surface area contributed by atoms with Crippen molar-refractivity contribution in [2.75, 3.05) is 13.1 Å². The molecule has 2 heterocycles. The maximum atomic E-state index is 13.5. The first-order valence-corrected chi connectivity index (χ1v) is 9.90. The Balaban J connectivity index is 0.000000307. The molecule has 2 fully saturated rings. The number of ether oxygens (including phenoxy) is 1. The topological polar surface area (TPSA) is 127 Å². The molecule has 3 N–H and O–H groups in total. The number of carboxylic acid groups (broad SMARTS) is 1. The number of terminal acetylenes is 1. The number of aromatic hydroxyl groups is 1. The van der Waals surface area contributed by atoms with Crippen LogP contribution in [0.5, 0.6) is 11.5 Å². The molecule has 0 aromatic heterocycles.